The number of methoxy groups -OCH3 is 2. The van der Waals surface area contributed by atoms with Gasteiger partial charge in [-0.1, -0.05) is 0 Å². The van der Waals surface area contributed by atoms with Gasteiger partial charge in [-0.2, -0.15) is 5.11 Å². The second-order valence-corrected chi connectivity index (χ2v) is 7.25. The summed E-state index contributed by atoms with van der Waals surface area (Å²) in [5.74, 6) is 2.16. The number of aromatic nitrogens is 2. The van der Waals surface area contributed by atoms with Crippen LogP contribution in [-0.2, 0) is 19.4 Å². The molecule has 0 saturated carbocycles. The third kappa shape index (κ3) is 3.14. The molecule has 6 nitrogen and oxygen atoms in total. The molecule has 7 heteroatoms. The maximum atomic E-state index is 5.42. The maximum absolute atomic E-state index is 5.42. The lowest BCUT2D eigenvalue weighted by molar-refractivity contribution is 0.391. The van der Waals surface area contributed by atoms with Gasteiger partial charge in [0, 0.05) is 16.5 Å². The average Bonchev–Trinajstić information content (AvgIpc) is 3.07. The molecule has 0 N–H and O–H groups in total. The lowest BCUT2D eigenvalue weighted by Crippen LogP contribution is -1.98. The lowest BCUT2D eigenvalue weighted by Gasteiger charge is -2.10. The predicted molar refractivity (Wildman–Crippen MR) is 102 cm³/mol. The fourth-order valence-corrected chi connectivity index (χ4v) is 4.53. The van der Waals surface area contributed by atoms with Crippen LogP contribution in [-0.4, -0.2) is 24.2 Å². The summed E-state index contributed by atoms with van der Waals surface area (Å²) >= 11 is 1.77. The first kappa shape index (κ1) is 16.9. The molecule has 1 aliphatic rings. The van der Waals surface area contributed by atoms with Crippen LogP contribution in [0.2, 0.25) is 0 Å². The molecule has 26 heavy (non-hydrogen) atoms. The first-order chi connectivity index (χ1) is 12.8. The number of benzene rings is 1. The molecule has 0 aliphatic heterocycles. The van der Waals surface area contributed by atoms with Crippen LogP contribution in [0.5, 0.6) is 11.5 Å². The van der Waals surface area contributed by atoms with Crippen molar-refractivity contribution in [3.63, 3.8) is 0 Å². The molecule has 2 aromatic heterocycles. The molecule has 4 rings (SSSR count). The largest absolute Gasteiger partial charge is 0.497 e. The molecule has 0 amide bonds. The second-order valence-electron chi connectivity index (χ2n) is 6.17. The Bertz CT molecular complexity index is 968. The SMILES string of the molecule is COc1ccc(CN=Nc2ncnc3sc4c(c23)CCCC4)c(OC)c1. The number of fused-ring (bicyclic) bond motifs is 3. The van der Waals surface area contributed by atoms with Crippen LogP contribution in [0.3, 0.4) is 0 Å². The lowest BCUT2D eigenvalue weighted by atomic mass is 9.97. The predicted octanol–water partition coefficient (Wildman–Crippen LogP) is 4.87. The Balaban J connectivity index is 1.63. The van der Waals surface area contributed by atoms with E-state index < -0.39 is 0 Å². The Kier molecular flexibility index (Phi) is 4.79. The monoisotopic (exact) mass is 368 g/mol. The molecule has 0 fully saturated rings. The summed E-state index contributed by atoms with van der Waals surface area (Å²) in [5.41, 5.74) is 2.32. The van der Waals surface area contributed by atoms with Gasteiger partial charge in [-0.25, -0.2) is 9.97 Å². The van der Waals surface area contributed by atoms with Gasteiger partial charge in [-0.05, 0) is 43.4 Å². The van der Waals surface area contributed by atoms with Crippen molar-refractivity contribution in [1.29, 1.82) is 0 Å². The molecule has 134 valence electrons. The highest BCUT2D eigenvalue weighted by molar-refractivity contribution is 7.18. The van der Waals surface area contributed by atoms with E-state index in [1.54, 1.807) is 31.9 Å². The van der Waals surface area contributed by atoms with Crippen molar-refractivity contribution in [2.45, 2.75) is 32.2 Å². The summed E-state index contributed by atoms with van der Waals surface area (Å²) in [7, 11) is 3.27. The number of nitrogens with zero attached hydrogens (tertiary/aromatic N) is 4. The maximum Gasteiger partial charge on any atom is 0.186 e. The van der Waals surface area contributed by atoms with E-state index in [4.69, 9.17) is 9.47 Å². The molecule has 1 aromatic carbocycles. The molecule has 2 heterocycles. The van der Waals surface area contributed by atoms with E-state index in [9.17, 15) is 0 Å². The molecule has 0 bridgehead atoms. The topological polar surface area (TPSA) is 69.0 Å². The highest BCUT2D eigenvalue weighted by Gasteiger charge is 2.19. The number of hydrogen-bond acceptors (Lipinski definition) is 7. The van der Waals surface area contributed by atoms with E-state index in [1.165, 1.54) is 23.3 Å². The fourth-order valence-electron chi connectivity index (χ4n) is 3.31. The molecular weight excluding hydrogens is 348 g/mol. The summed E-state index contributed by atoms with van der Waals surface area (Å²) in [6.45, 7) is 0.422. The number of aryl methyl sites for hydroxylation is 2. The summed E-state index contributed by atoms with van der Waals surface area (Å²) in [5, 5.41) is 9.88. The van der Waals surface area contributed by atoms with Gasteiger partial charge in [0.05, 0.1) is 26.2 Å². The van der Waals surface area contributed by atoms with Crippen LogP contribution >= 0.6 is 11.3 Å². The highest BCUT2D eigenvalue weighted by atomic mass is 32.1. The quantitative estimate of drug-likeness (QED) is 0.602. The molecule has 0 unspecified atom stereocenters. The number of hydrogen-bond donors (Lipinski definition) is 0. The van der Waals surface area contributed by atoms with E-state index in [1.807, 2.05) is 18.2 Å². The van der Waals surface area contributed by atoms with Crippen LogP contribution < -0.4 is 9.47 Å². The Labute approximate surface area is 155 Å². The van der Waals surface area contributed by atoms with Crippen LogP contribution in [0.1, 0.15) is 28.8 Å². The van der Waals surface area contributed by atoms with Crippen molar-refractivity contribution in [2.75, 3.05) is 14.2 Å². The van der Waals surface area contributed by atoms with Gasteiger partial charge in [-0.3, -0.25) is 0 Å². The third-order valence-electron chi connectivity index (χ3n) is 4.63. The summed E-state index contributed by atoms with van der Waals surface area (Å²) in [4.78, 5) is 11.3. The van der Waals surface area contributed by atoms with E-state index in [2.05, 4.69) is 20.2 Å². The standard InChI is InChI=1S/C19H20N4O2S/c1-24-13-8-7-12(15(9-13)25-2)10-22-23-18-17-14-5-3-4-6-16(14)26-19(17)21-11-20-18/h7-9,11H,3-6,10H2,1-2H3. The van der Waals surface area contributed by atoms with Gasteiger partial charge in [-0.15, -0.1) is 16.5 Å². The third-order valence-corrected chi connectivity index (χ3v) is 5.83. The smallest absolute Gasteiger partial charge is 0.186 e. The Morgan fingerprint density at radius 1 is 1.12 bits per heavy atom. The summed E-state index contributed by atoms with van der Waals surface area (Å²) in [6, 6.07) is 5.69. The van der Waals surface area contributed by atoms with Gasteiger partial charge in [0.2, 0.25) is 0 Å². The van der Waals surface area contributed by atoms with Crippen LogP contribution in [0, 0.1) is 0 Å². The number of azo groups is 1. The molecule has 0 spiro atoms. The van der Waals surface area contributed by atoms with E-state index in [-0.39, 0.29) is 0 Å². The van der Waals surface area contributed by atoms with Gasteiger partial charge >= 0.3 is 0 Å². The first-order valence-corrected chi connectivity index (χ1v) is 9.45. The van der Waals surface area contributed by atoms with Crippen molar-refractivity contribution in [1.82, 2.24) is 9.97 Å². The van der Waals surface area contributed by atoms with Crippen molar-refractivity contribution in [2.24, 2.45) is 10.2 Å². The first-order valence-electron chi connectivity index (χ1n) is 8.64. The fraction of sp³-hybridized carbons (Fsp3) is 0.368. The van der Waals surface area contributed by atoms with Crippen molar-refractivity contribution in [3.05, 3.63) is 40.5 Å². The molecule has 0 saturated heterocycles. The van der Waals surface area contributed by atoms with Crippen molar-refractivity contribution < 1.29 is 9.47 Å². The van der Waals surface area contributed by atoms with Crippen LogP contribution in [0.15, 0.2) is 34.8 Å². The van der Waals surface area contributed by atoms with E-state index >= 15 is 0 Å². The average molecular weight is 368 g/mol. The summed E-state index contributed by atoms with van der Waals surface area (Å²) < 4.78 is 10.6. The van der Waals surface area contributed by atoms with Crippen LogP contribution in [0.4, 0.5) is 5.82 Å². The second kappa shape index (κ2) is 7.37. The molecule has 0 atom stereocenters. The van der Waals surface area contributed by atoms with E-state index in [0.29, 0.717) is 12.4 Å². The minimum atomic E-state index is 0.422. The highest BCUT2D eigenvalue weighted by Crippen LogP contribution is 2.39. The van der Waals surface area contributed by atoms with Gasteiger partial charge < -0.3 is 9.47 Å². The minimum Gasteiger partial charge on any atom is -0.497 e. The zero-order chi connectivity index (χ0) is 17.9. The number of thiophene rings is 1. The Hall–Kier alpha value is -2.54. The van der Waals surface area contributed by atoms with E-state index in [0.717, 1.165) is 40.1 Å². The Morgan fingerprint density at radius 2 is 2.00 bits per heavy atom. The Morgan fingerprint density at radius 3 is 2.85 bits per heavy atom. The van der Waals surface area contributed by atoms with Crippen molar-refractivity contribution >= 4 is 27.4 Å². The van der Waals surface area contributed by atoms with Gasteiger partial charge in [0.1, 0.15) is 22.7 Å². The number of rotatable bonds is 5. The normalized spacial score (nSPS) is 13.9. The molecule has 3 aromatic rings. The van der Waals surface area contributed by atoms with Gasteiger partial charge in [0.15, 0.2) is 5.82 Å². The zero-order valence-electron chi connectivity index (χ0n) is 14.9. The minimum absolute atomic E-state index is 0.422. The summed E-state index contributed by atoms with van der Waals surface area (Å²) in [6.07, 6.45) is 6.26. The molecule has 0 radical (unpaired) electrons. The molecule has 1 aliphatic carbocycles. The van der Waals surface area contributed by atoms with Crippen molar-refractivity contribution in [3.8, 4) is 11.5 Å². The molecular formula is C19H20N4O2S. The zero-order valence-corrected chi connectivity index (χ0v) is 15.7. The number of ether oxygens (including phenoxy) is 2. The van der Waals surface area contributed by atoms with Crippen LogP contribution in [0.25, 0.3) is 10.2 Å². The van der Waals surface area contributed by atoms with Gasteiger partial charge in [0.25, 0.3) is 0 Å².